The topological polar surface area (TPSA) is 20.2 Å². The highest BCUT2D eigenvalue weighted by molar-refractivity contribution is 4.84. The fourth-order valence-electron chi connectivity index (χ4n) is 3.84. The number of hydrogen-bond donors (Lipinski definition) is 1. The fraction of sp³-hybridized carbons (Fsp3) is 1.00. The molecule has 2 aliphatic carbocycles. The molecular weight excluding hydrogens is 184 g/mol. The van der Waals surface area contributed by atoms with E-state index in [2.05, 4.69) is 6.92 Å². The lowest BCUT2D eigenvalue weighted by Crippen LogP contribution is -2.24. The van der Waals surface area contributed by atoms with Crippen LogP contribution >= 0.6 is 0 Å². The predicted octanol–water partition coefficient (Wildman–Crippen LogP) is 3.75. The number of aliphatic hydroxyl groups excluding tert-OH is 1. The van der Waals surface area contributed by atoms with E-state index < -0.39 is 0 Å². The van der Waals surface area contributed by atoms with Gasteiger partial charge in [0.2, 0.25) is 0 Å². The van der Waals surface area contributed by atoms with Gasteiger partial charge in [-0.15, -0.1) is 0 Å². The summed E-state index contributed by atoms with van der Waals surface area (Å²) < 4.78 is 0. The Morgan fingerprint density at radius 3 is 2.47 bits per heavy atom. The SMILES string of the molecule is CCC(O)C1CCCC1CC1CCCC1. The highest BCUT2D eigenvalue weighted by Crippen LogP contribution is 2.42. The first-order chi connectivity index (χ1) is 7.31. The Morgan fingerprint density at radius 2 is 1.80 bits per heavy atom. The first-order valence-electron chi connectivity index (χ1n) is 6.99. The Labute approximate surface area is 94.3 Å². The van der Waals surface area contributed by atoms with E-state index in [1.165, 1.54) is 51.4 Å². The third kappa shape index (κ3) is 2.75. The summed E-state index contributed by atoms with van der Waals surface area (Å²) in [7, 11) is 0. The second-order valence-corrected chi connectivity index (χ2v) is 5.72. The molecule has 0 bridgehead atoms. The predicted molar refractivity (Wildman–Crippen MR) is 63.7 cm³/mol. The average Bonchev–Trinajstić information content (AvgIpc) is 2.88. The molecule has 0 aromatic heterocycles. The van der Waals surface area contributed by atoms with Gasteiger partial charge in [0.25, 0.3) is 0 Å². The molecule has 3 unspecified atom stereocenters. The average molecular weight is 210 g/mol. The molecule has 0 heterocycles. The van der Waals surface area contributed by atoms with E-state index in [-0.39, 0.29) is 6.10 Å². The van der Waals surface area contributed by atoms with Crippen molar-refractivity contribution >= 4 is 0 Å². The van der Waals surface area contributed by atoms with Gasteiger partial charge in [-0.3, -0.25) is 0 Å². The molecule has 2 aliphatic rings. The molecule has 3 atom stereocenters. The summed E-state index contributed by atoms with van der Waals surface area (Å²) in [6, 6.07) is 0. The minimum atomic E-state index is -0.0149. The molecule has 0 aliphatic heterocycles. The Balaban J connectivity index is 1.84. The zero-order valence-electron chi connectivity index (χ0n) is 10.1. The second-order valence-electron chi connectivity index (χ2n) is 5.72. The van der Waals surface area contributed by atoms with Gasteiger partial charge in [-0.1, -0.05) is 45.4 Å². The normalized spacial score (nSPS) is 34.8. The molecule has 1 heteroatoms. The largest absolute Gasteiger partial charge is 0.393 e. The van der Waals surface area contributed by atoms with Crippen LogP contribution in [0.3, 0.4) is 0 Å². The van der Waals surface area contributed by atoms with Crippen molar-refractivity contribution in [1.29, 1.82) is 0 Å². The zero-order chi connectivity index (χ0) is 10.7. The fourth-order valence-corrected chi connectivity index (χ4v) is 3.84. The van der Waals surface area contributed by atoms with E-state index >= 15 is 0 Å². The summed E-state index contributed by atoms with van der Waals surface area (Å²) in [4.78, 5) is 0. The number of hydrogen-bond acceptors (Lipinski definition) is 1. The smallest absolute Gasteiger partial charge is 0.0568 e. The van der Waals surface area contributed by atoms with Gasteiger partial charge in [0, 0.05) is 0 Å². The van der Waals surface area contributed by atoms with Crippen LogP contribution < -0.4 is 0 Å². The molecule has 2 fully saturated rings. The van der Waals surface area contributed by atoms with Crippen molar-refractivity contribution in [2.24, 2.45) is 17.8 Å². The van der Waals surface area contributed by atoms with Gasteiger partial charge < -0.3 is 5.11 Å². The molecule has 0 aromatic carbocycles. The van der Waals surface area contributed by atoms with Crippen LogP contribution in [-0.4, -0.2) is 11.2 Å². The summed E-state index contributed by atoms with van der Waals surface area (Å²) in [6.45, 7) is 2.12. The van der Waals surface area contributed by atoms with Gasteiger partial charge in [0.1, 0.15) is 0 Å². The second kappa shape index (κ2) is 5.34. The van der Waals surface area contributed by atoms with Crippen LogP contribution in [0.1, 0.15) is 64.7 Å². The van der Waals surface area contributed by atoms with Gasteiger partial charge in [-0.05, 0) is 37.0 Å². The standard InChI is InChI=1S/C14H26O/c1-2-14(15)13-9-5-8-12(13)10-11-6-3-4-7-11/h11-15H,2-10H2,1H3. The van der Waals surface area contributed by atoms with Crippen LogP contribution in [0.25, 0.3) is 0 Å². The highest BCUT2D eigenvalue weighted by Gasteiger charge is 2.33. The Bertz CT molecular complexity index is 184. The van der Waals surface area contributed by atoms with Gasteiger partial charge in [0.05, 0.1) is 6.10 Å². The van der Waals surface area contributed by atoms with E-state index in [0.29, 0.717) is 5.92 Å². The van der Waals surface area contributed by atoms with Gasteiger partial charge in [0.15, 0.2) is 0 Å². The van der Waals surface area contributed by atoms with E-state index in [1.807, 2.05) is 0 Å². The lowest BCUT2D eigenvalue weighted by atomic mass is 9.82. The van der Waals surface area contributed by atoms with Crippen molar-refractivity contribution in [2.75, 3.05) is 0 Å². The molecule has 0 saturated heterocycles. The maximum absolute atomic E-state index is 10.0. The van der Waals surface area contributed by atoms with Crippen molar-refractivity contribution < 1.29 is 5.11 Å². The summed E-state index contributed by atoms with van der Waals surface area (Å²) in [5, 5.41) is 10.0. The van der Waals surface area contributed by atoms with Gasteiger partial charge in [-0.2, -0.15) is 0 Å². The molecule has 2 rings (SSSR count). The van der Waals surface area contributed by atoms with Crippen molar-refractivity contribution in [2.45, 2.75) is 70.8 Å². The van der Waals surface area contributed by atoms with Crippen LogP contribution in [0.15, 0.2) is 0 Å². The van der Waals surface area contributed by atoms with Crippen LogP contribution in [0, 0.1) is 17.8 Å². The molecule has 0 amide bonds. The Morgan fingerprint density at radius 1 is 1.07 bits per heavy atom. The van der Waals surface area contributed by atoms with Crippen molar-refractivity contribution in [3.8, 4) is 0 Å². The summed E-state index contributed by atoms with van der Waals surface area (Å²) >= 11 is 0. The molecular formula is C14H26O. The number of aliphatic hydroxyl groups is 1. The molecule has 15 heavy (non-hydrogen) atoms. The third-order valence-electron chi connectivity index (χ3n) is 4.74. The van der Waals surface area contributed by atoms with E-state index in [9.17, 15) is 5.11 Å². The first-order valence-corrected chi connectivity index (χ1v) is 6.99. The molecule has 88 valence electrons. The lowest BCUT2D eigenvalue weighted by molar-refractivity contribution is 0.0750. The van der Waals surface area contributed by atoms with Crippen LogP contribution in [0.2, 0.25) is 0 Å². The molecule has 0 radical (unpaired) electrons. The van der Waals surface area contributed by atoms with Crippen LogP contribution in [-0.2, 0) is 0 Å². The zero-order valence-corrected chi connectivity index (χ0v) is 10.1. The molecule has 0 spiro atoms. The van der Waals surface area contributed by atoms with Crippen molar-refractivity contribution in [3.05, 3.63) is 0 Å². The number of rotatable bonds is 4. The molecule has 2 saturated carbocycles. The van der Waals surface area contributed by atoms with Crippen LogP contribution in [0.4, 0.5) is 0 Å². The monoisotopic (exact) mass is 210 g/mol. The van der Waals surface area contributed by atoms with E-state index in [4.69, 9.17) is 0 Å². The van der Waals surface area contributed by atoms with E-state index in [0.717, 1.165) is 18.3 Å². The van der Waals surface area contributed by atoms with Crippen molar-refractivity contribution in [3.63, 3.8) is 0 Å². The summed E-state index contributed by atoms with van der Waals surface area (Å²) in [5.41, 5.74) is 0. The van der Waals surface area contributed by atoms with Gasteiger partial charge in [-0.25, -0.2) is 0 Å². The Kier molecular flexibility index (Phi) is 4.07. The maximum atomic E-state index is 10.0. The highest BCUT2D eigenvalue weighted by atomic mass is 16.3. The minimum Gasteiger partial charge on any atom is -0.393 e. The van der Waals surface area contributed by atoms with Crippen LogP contribution in [0.5, 0.6) is 0 Å². The summed E-state index contributed by atoms with van der Waals surface area (Å²) in [6.07, 6.45) is 12.2. The van der Waals surface area contributed by atoms with Gasteiger partial charge >= 0.3 is 0 Å². The lowest BCUT2D eigenvalue weighted by Gasteiger charge is -2.26. The third-order valence-corrected chi connectivity index (χ3v) is 4.74. The minimum absolute atomic E-state index is 0.0149. The van der Waals surface area contributed by atoms with E-state index in [1.54, 1.807) is 0 Å². The Hall–Kier alpha value is -0.0400. The first kappa shape index (κ1) is 11.4. The summed E-state index contributed by atoms with van der Waals surface area (Å²) in [5.74, 6) is 2.48. The molecule has 1 N–H and O–H groups in total. The quantitative estimate of drug-likeness (QED) is 0.749. The molecule has 0 aromatic rings. The van der Waals surface area contributed by atoms with Crippen molar-refractivity contribution in [1.82, 2.24) is 0 Å². The molecule has 1 nitrogen and oxygen atoms in total. The maximum Gasteiger partial charge on any atom is 0.0568 e.